The molecule has 0 fully saturated rings. The molecule has 0 aliphatic carbocycles. The van der Waals surface area contributed by atoms with Crippen molar-refractivity contribution < 1.29 is 4.74 Å². The Hall–Kier alpha value is -1.13. The molecule has 20 heavy (non-hydrogen) atoms. The van der Waals surface area contributed by atoms with Crippen LogP contribution in [-0.2, 0) is 0 Å². The summed E-state index contributed by atoms with van der Waals surface area (Å²) in [5, 5.41) is 0. The fourth-order valence-corrected chi connectivity index (χ4v) is 2.59. The lowest BCUT2D eigenvalue weighted by atomic mass is 9.88. The first kappa shape index (κ1) is 16.9. The van der Waals surface area contributed by atoms with E-state index in [2.05, 4.69) is 37.6 Å². The van der Waals surface area contributed by atoms with E-state index in [1.807, 2.05) is 26.1 Å². The Balaban J connectivity index is 2.98. The average molecular weight is 279 g/mol. The Kier molecular flexibility index (Phi) is 5.96. The summed E-state index contributed by atoms with van der Waals surface area (Å²) in [7, 11) is 0. The lowest BCUT2D eigenvalue weighted by molar-refractivity contribution is 0.106. The van der Waals surface area contributed by atoms with Gasteiger partial charge in [-0.1, -0.05) is 13.8 Å². The van der Waals surface area contributed by atoms with Crippen molar-refractivity contribution in [3.05, 3.63) is 24.0 Å². The minimum atomic E-state index is -0.123. The maximum atomic E-state index is 6.49. The van der Waals surface area contributed by atoms with Gasteiger partial charge in [-0.25, -0.2) is 0 Å². The third-order valence-electron chi connectivity index (χ3n) is 3.80. The summed E-state index contributed by atoms with van der Waals surface area (Å²) in [5.41, 5.74) is 7.38. The Morgan fingerprint density at radius 3 is 2.35 bits per heavy atom. The summed E-state index contributed by atoms with van der Waals surface area (Å²) in [6, 6.07) is 1.90. The number of nitrogens with zero attached hydrogens (tertiary/aromatic N) is 2. The van der Waals surface area contributed by atoms with E-state index in [9.17, 15) is 0 Å². The summed E-state index contributed by atoms with van der Waals surface area (Å²) in [4.78, 5) is 6.63. The second-order valence-electron chi connectivity index (χ2n) is 5.92. The fraction of sp³-hybridized carbons (Fsp3) is 0.688. The van der Waals surface area contributed by atoms with Gasteiger partial charge in [-0.2, -0.15) is 0 Å². The molecule has 2 N–H and O–H groups in total. The van der Waals surface area contributed by atoms with Crippen molar-refractivity contribution in [2.24, 2.45) is 5.73 Å². The lowest BCUT2D eigenvalue weighted by Crippen LogP contribution is -2.51. The number of hydrogen-bond acceptors (Lipinski definition) is 4. The molecule has 0 aliphatic rings. The zero-order valence-corrected chi connectivity index (χ0v) is 13.7. The highest BCUT2D eigenvalue weighted by molar-refractivity contribution is 5.28. The lowest BCUT2D eigenvalue weighted by Gasteiger charge is -2.41. The topological polar surface area (TPSA) is 51.4 Å². The molecule has 1 unspecified atom stereocenters. The normalized spacial score (nSPS) is 13.8. The number of pyridine rings is 1. The maximum absolute atomic E-state index is 6.49. The van der Waals surface area contributed by atoms with E-state index in [0.29, 0.717) is 0 Å². The Labute approximate surface area is 123 Å². The predicted octanol–water partition coefficient (Wildman–Crippen LogP) is 2.99. The summed E-state index contributed by atoms with van der Waals surface area (Å²) < 4.78 is 5.70. The molecule has 1 rings (SSSR count). The van der Waals surface area contributed by atoms with E-state index in [1.54, 1.807) is 6.20 Å². The molecule has 4 heteroatoms. The molecule has 4 nitrogen and oxygen atoms in total. The smallest absolute Gasteiger partial charge is 0.138 e. The van der Waals surface area contributed by atoms with Crippen LogP contribution in [0.3, 0.4) is 0 Å². The molecule has 1 aromatic rings. The number of aromatic nitrogens is 1. The maximum Gasteiger partial charge on any atom is 0.138 e. The zero-order valence-electron chi connectivity index (χ0n) is 13.7. The van der Waals surface area contributed by atoms with Crippen molar-refractivity contribution in [3.8, 4) is 5.75 Å². The second kappa shape index (κ2) is 7.04. The average Bonchev–Trinajstić information content (AvgIpc) is 2.38. The molecule has 0 spiro atoms. The number of hydrogen-bond donors (Lipinski definition) is 1. The van der Waals surface area contributed by atoms with Crippen LogP contribution in [-0.4, -0.2) is 34.6 Å². The quantitative estimate of drug-likeness (QED) is 0.833. The summed E-state index contributed by atoms with van der Waals surface area (Å²) in [5.74, 6) is 0.781. The van der Waals surface area contributed by atoms with Crippen LogP contribution in [0, 0.1) is 0 Å². The molecule has 0 radical (unpaired) electrons. The Bertz CT molecular complexity index is 414. The monoisotopic (exact) mass is 279 g/mol. The molecule has 0 aromatic carbocycles. The second-order valence-corrected chi connectivity index (χ2v) is 5.92. The molecular weight excluding hydrogens is 250 g/mol. The van der Waals surface area contributed by atoms with Gasteiger partial charge in [-0.15, -0.1) is 0 Å². The van der Waals surface area contributed by atoms with Crippen molar-refractivity contribution >= 4 is 0 Å². The van der Waals surface area contributed by atoms with Crippen molar-refractivity contribution in [2.45, 2.75) is 59.2 Å². The van der Waals surface area contributed by atoms with Crippen molar-refractivity contribution in [3.63, 3.8) is 0 Å². The van der Waals surface area contributed by atoms with Crippen molar-refractivity contribution in [1.29, 1.82) is 0 Å². The van der Waals surface area contributed by atoms with Gasteiger partial charge < -0.3 is 10.5 Å². The van der Waals surface area contributed by atoms with Gasteiger partial charge in [-0.3, -0.25) is 9.88 Å². The van der Waals surface area contributed by atoms with Crippen molar-refractivity contribution in [2.75, 3.05) is 13.1 Å². The van der Waals surface area contributed by atoms with Gasteiger partial charge in [0.15, 0.2) is 0 Å². The first-order chi connectivity index (χ1) is 9.32. The molecule has 1 atom stereocenters. The SMILES string of the molecule is CCN(CC)C(C)(C)C(N)c1cncc(OC(C)C)c1. The number of rotatable bonds is 7. The van der Waals surface area contributed by atoms with E-state index < -0.39 is 0 Å². The largest absolute Gasteiger partial charge is 0.489 e. The first-order valence-electron chi connectivity index (χ1n) is 7.45. The minimum absolute atomic E-state index is 0.106. The third kappa shape index (κ3) is 3.93. The van der Waals surface area contributed by atoms with Crippen LogP contribution in [0.25, 0.3) is 0 Å². The molecular formula is C16H29N3O. The molecule has 0 bridgehead atoms. The first-order valence-corrected chi connectivity index (χ1v) is 7.45. The summed E-state index contributed by atoms with van der Waals surface area (Å²) in [6.45, 7) is 14.7. The molecule has 0 amide bonds. The van der Waals surface area contributed by atoms with Gasteiger partial charge in [0.1, 0.15) is 5.75 Å². The molecule has 0 saturated heterocycles. The van der Waals surface area contributed by atoms with Crippen LogP contribution in [0.5, 0.6) is 5.75 Å². The van der Waals surface area contributed by atoms with E-state index in [1.165, 1.54) is 0 Å². The molecule has 0 aliphatic heterocycles. The van der Waals surface area contributed by atoms with E-state index in [4.69, 9.17) is 10.5 Å². The zero-order chi connectivity index (χ0) is 15.3. The number of nitrogens with two attached hydrogens (primary N) is 1. The fourth-order valence-electron chi connectivity index (χ4n) is 2.59. The van der Waals surface area contributed by atoms with Crippen LogP contribution < -0.4 is 10.5 Å². The van der Waals surface area contributed by atoms with Gasteiger partial charge in [0.2, 0.25) is 0 Å². The summed E-state index contributed by atoms with van der Waals surface area (Å²) in [6.07, 6.45) is 3.71. The number of likely N-dealkylation sites (N-methyl/N-ethyl adjacent to an activating group) is 1. The standard InChI is InChI=1S/C16H29N3O/c1-7-19(8-2)16(5,6)15(17)13-9-14(11-18-10-13)20-12(3)4/h9-12,15H,7-8,17H2,1-6H3. The third-order valence-corrected chi connectivity index (χ3v) is 3.80. The van der Waals surface area contributed by atoms with E-state index in [0.717, 1.165) is 24.4 Å². The Morgan fingerprint density at radius 2 is 1.85 bits per heavy atom. The van der Waals surface area contributed by atoms with E-state index >= 15 is 0 Å². The van der Waals surface area contributed by atoms with Gasteiger partial charge in [-0.05, 0) is 52.4 Å². The minimum Gasteiger partial charge on any atom is -0.489 e. The molecule has 0 saturated carbocycles. The van der Waals surface area contributed by atoms with Crippen LogP contribution in [0.15, 0.2) is 18.5 Å². The molecule has 114 valence electrons. The molecule has 1 heterocycles. The highest BCUT2D eigenvalue weighted by Gasteiger charge is 2.32. The predicted molar refractivity (Wildman–Crippen MR) is 83.9 cm³/mol. The number of ether oxygens (including phenoxy) is 1. The highest BCUT2D eigenvalue weighted by Crippen LogP contribution is 2.30. The Morgan fingerprint density at radius 1 is 1.25 bits per heavy atom. The van der Waals surface area contributed by atoms with Gasteiger partial charge in [0.25, 0.3) is 0 Å². The summed E-state index contributed by atoms with van der Waals surface area (Å²) >= 11 is 0. The van der Waals surface area contributed by atoms with E-state index in [-0.39, 0.29) is 17.7 Å². The van der Waals surface area contributed by atoms with Crippen LogP contribution in [0.4, 0.5) is 0 Å². The molecule has 1 aromatic heterocycles. The van der Waals surface area contributed by atoms with Crippen LogP contribution in [0.1, 0.15) is 53.1 Å². The van der Waals surface area contributed by atoms with Crippen LogP contribution in [0.2, 0.25) is 0 Å². The van der Waals surface area contributed by atoms with Crippen LogP contribution >= 0.6 is 0 Å². The van der Waals surface area contributed by atoms with Gasteiger partial charge in [0.05, 0.1) is 12.3 Å². The van der Waals surface area contributed by atoms with Crippen molar-refractivity contribution in [1.82, 2.24) is 9.88 Å². The highest BCUT2D eigenvalue weighted by atomic mass is 16.5. The van der Waals surface area contributed by atoms with Gasteiger partial charge in [0, 0.05) is 17.8 Å². The van der Waals surface area contributed by atoms with Gasteiger partial charge >= 0.3 is 0 Å².